The highest BCUT2D eigenvalue weighted by atomic mass is 19.4. The molecule has 1 heterocycles. The zero-order valence-electron chi connectivity index (χ0n) is 8.51. The topological polar surface area (TPSA) is 29.9 Å². The van der Waals surface area contributed by atoms with E-state index in [0.717, 1.165) is 12.2 Å². The van der Waals surface area contributed by atoms with Gasteiger partial charge in [-0.05, 0) is 0 Å². The van der Waals surface area contributed by atoms with E-state index in [9.17, 15) is 13.2 Å². The lowest BCUT2D eigenvalue weighted by molar-refractivity contribution is -0.124. The molecule has 1 aromatic rings. The van der Waals surface area contributed by atoms with Crippen molar-refractivity contribution in [2.45, 2.75) is 26.1 Å². The molecule has 0 saturated heterocycles. The summed E-state index contributed by atoms with van der Waals surface area (Å²) >= 11 is 0. The van der Waals surface area contributed by atoms with Gasteiger partial charge in [-0.2, -0.15) is 13.2 Å². The van der Waals surface area contributed by atoms with Gasteiger partial charge in [0, 0.05) is 31.9 Å². The number of aryl methyl sites for hydroxylation is 1. The van der Waals surface area contributed by atoms with Crippen LogP contribution < -0.4 is 5.32 Å². The van der Waals surface area contributed by atoms with Gasteiger partial charge in [-0.1, -0.05) is 6.92 Å². The summed E-state index contributed by atoms with van der Waals surface area (Å²) in [7, 11) is 0. The molecule has 0 spiro atoms. The molecule has 0 radical (unpaired) electrons. The molecular formula is C9H14F3N3. The Morgan fingerprint density at radius 2 is 2.20 bits per heavy atom. The fourth-order valence-corrected chi connectivity index (χ4v) is 1.29. The van der Waals surface area contributed by atoms with E-state index in [2.05, 4.69) is 10.3 Å². The SMILES string of the molecule is CCc1nccn1CCNCC(F)(F)F. The highest BCUT2D eigenvalue weighted by molar-refractivity contribution is 4.91. The number of imidazole rings is 1. The Balaban J connectivity index is 2.26. The predicted molar refractivity (Wildman–Crippen MR) is 50.5 cm³/mol. The molecule has 0 saturated carbocycles. The minimum atomic E-state index is -4.14. The van der Waals surface area contributed by atoms with Gasteiger partial charge in [0.15, 0.2) is 0 Å². The van der Waals surface area contributed by atoms with Gasteiger partial charge < -0.3 is 9.88 Å². The number of halogens is 3. The number of hydrogen-bond acceptors (Lipinski definition) is 2. The fraction of sp³-hybridized carbons (Fsp3) is 0.667. The quantitative estimate of drug-likeness (QED) is 0.765. The lowest BCUT2D eigenvalue weighted by atomic mass is 10.4. The van der Waals surface area contributed by atoms with E-state index < -0.39 is 12.7 Å². The zero-order chi connectivity index (χ0) is 11.3. The van der Waals surface area contributed by atoms with E-state index in [1.807, 2.05) is 11.5 Å². The third kappa shape index (κ3) is 4.33. The number of nitrogens with zero attached hydrogens (tertiary/aromatic N) is 2. The molecule has 86 valence electrons. The Labute approximate surface area is 86.3 Å². The zero-order valence-corrected chi connectivity index (χ0v) is 8.51. The molecule has 15 heavy (non-hydrogen) atoms. The second-order valence-electron chi connectivity index (χ2n) is 3.18. The van der Waals surface area contributed by atoms with E-state index >= 15 is 0 Å². The molecule has 6 heteroatoms. The second-order valence-corrected chi connectivity index (χ2v) is 3.18. The van der Waals surface area contributed by atoms with Crippen molar-refractivity contribution in [2.24, 2.45) is 0 Å². The van der Waals surface area contributed by atoms with Crippen LogP contribution in [-0.4, -0.2) is 28.8 Å². The van der Waals surface area contributed by atoms with Crippen molar-refractivity contribution in [1.29, 1.82) is 0 Å². The molecule has 3 nitrogen and oxygen atoms in total. The Bertz CT molecular complexity index is 293. The first-order chi connectivity index (χ1) is 7.03. The number of alkyl halides is 3. The average Bonchev–Trinajstić information content (AvgIpc) is 2.58. The third-order valence-electron chi connectivity index (χ3n) is 1.97. The van der Waals surface area contributed by atoms with Crippen molar-refractivity contribution < 1.29 is 13.2 Å². The van der Waals surface area contributed by atoms with Crippen LogP contribution in [0.3, 0.4) is 0 Å². The van der Waals surface area contributed by atoms with Crippen molar-refractivity contribution in [3.8, 4) is 0 Å². The van der Waals surface area contributed by atoms with Crippen molar-refractivity contribution in [2.75, 3.05) is 13.1 Å². The predicted octanol–water partition coefficient (Wildman–Crippen LogP) is 1.60. The van der Waals surface area contributed by atoms with Crippen LogP contribution in [0.4, 0.5) is 13.2 Å². The molecule has 1 N–H and O–H groups in total. The van der Waals surface area contributed by atoms with Gasteiger partial charge in [0.2, 0.25) is 0 Å². The molecule has 0 bridgehead atoms. The van der Waals surface area contributed by atoms with E-state index in [1.54, 1.807) is 12.4 Å². The summed E-state index contributed by atoms with van der Waals surface area (Å²) in [5.41, 5.74) is 0. The van der Waals surface area contributed by atoms with Gasteiger partial charge >= 0.3 is 6.18 Å². The van der Waals surface area contributed by atoms with E-state index in [0.29, 0.717) is 13.1 Å². The molecular weight excluding hydrogens is 207 g/mol. The Kier molecular flexibility index (Phi) is 4.14. The summed E-state index contributed by atoms with van der Waals surface area (Å²) in [4.78, 5) is 4.08. The molecule has 0 aromatic carbocycles. The molecule has 1 rings (SSSR count). The molecule has 0 aliphatic carbocycles. The largest absolute Gasteiger partial charge is 0.401 e. The van der Waals surface area contributed by atoms with Crippen LogP contribution in [-0.2, 0) is 13.0 Å². The van der Waals surface area contributed by atoms with Gasteiger partial charge in [-0.25, -0.2) is 4.98 Å². The van der Waals surface area contributed by atoms with E-state index in [4.69, 9.17) is 0 Å². The van der Waals surface area contributed by atoms with Gasteiger partial charge in [0.05, 0.1) is 6.54 Å². The lowest BCUT2D eigenvalue weighted by Gasteiger charge is -2.09. The van der Waals surface area contributed by atoms with Crippen LogP contribution in [0.1, 0.15) is 12.7 Å². The fourth-order valence-electron chi connectivity index (χ4n) is 1.29. The number of aromatic nitrogens is 2. The van der Waals surface area contributed by atoms with Crippen LogP contribution in [0.25, 0.3) is 0 Å². The Morgan fingerprint density at radius 1 is 1.47 bits per heavy atom. The van der Waals surface area contributed by atoms with Crippen LogP contribution in [0.15, 0.2) is 12.4 Å². The van der Waals surface area contributed by atoms with Gasteiger partial charge in [0.25, 0.3) is 0 Å². The first-order valence-corrected chi connectivity index (χ1v) is 4.80. The summed E-state index contributed by atoms with van der Waals surface area (Å²) in [5, 5.41) is 2.34. The van der Waals surface area contributed by atoms with E-state index in [-0.39, 0.29) is 0 Å². The normalized spacial score (nSPS) is 12.0. The van der Waals surface area contributed by atoms with E-state index in [1.165, 1.54) is 0 Å². The maximum Gasteiger partial charge on any atom is 0.401 e. The maximum atomic E-state index is 11.8. The first-order valence-electron chi connectivity index (χ1n) is 4.80. The lowest BCUT2D eigenvalue weighted by Crippen LogP contribution is -2.31. The molecule has 0 amide bonds. The highest BCUT2D eigenvalue weighted by Gasteiger charge is 2.25. The summed E-state index contributed by atoms with van der Waals surface area (Å²) in [6, 6.07) is 0. The molecule has 0 aliphatic rings. The summed E-state index contributed by atoms with van der Waals surface area (Å²) < 4.78 is 37.2. The van der Waals surface area contributed by atoms with Gasteiger partial charge in [-0.3, -0.25) is 0 Å². The van der Waals surface area contributed by atoms with Crippen LogP contribution >= 0.6 is 0 Å². The second kappa shape index (κ2) is 5.16. The number of hydrogen-bond donors (Lipinski definition) is 1. The summed E-state index contributed by atoms with van der Waals surface area (Å²) in [5.74, 6) is 0.892. The molecule has 0 fully saturated rings. The van der Waals surface area contributed by atoms with Crippen molar-refractivity contribution in [3.63, 3.8) is 0 Å². The maximum absolute atomic E-state index is 11.8. The van der Waals surface area contributed by atoms with Crippen molar-refractivity contribution in [3.05, 3.63) is 18.2 Å². The smallest absolute Gasteiger partial charge is 0.334 e. The van der Waals surface area contributed by atoms with Crippen molar-refractivity contribution >= 4 is 0 Å². The average molecular weight is 221 g/mol. The molecule has 1 aromatic heterocycles. The minimum Gasteiger partial charge on any atom is -0.334 e. The molecule has 0 atom stereocenters. The first kappa shape index (κ1) is 12.0. The standard InChI is InChI=1S/C9H14F3N3/c1-2-8-14-4-6-15(8)5-3-13-7-9(10,11)12/h4,6,13H,2-3,5,7H2,1H3. The Morgan fingerprint density at radius 3 is 2.80 bits per heavy atom. The van der Waals surface area contributed by atoms with Gasteiger partial charge in [0.1, 0.15) is 5.82 Å². The molecule has 0 unspecified atom stereocenters. The monoisotopic (exact) mass is 221 g/mol. The van der Waals surface area contributed by atoms with Gasteiger partial charge in [-0.15, -0.1) is 0 Å². The van der Waals surface area contributed by atoms with Crippen LogP contribution in [0.2, 0.25) is 0 Å². The third-order valence-corrected chi connectivity index (χ3v) is 1.97. The minimum absolute atomic E-state index is 0.295. The summed E-state index contributed by atoms with van der Waals surface area (Å²) in [6.45, 7) is 1.83. The van der Waals surface area contributed by atoms with Crippen LogP contribution in [0, 0.1) is 0 Å². The highest BCUT2D eigenvalue weighted by Crippen LogP contribution is 2.11. The number of rotatable bonds is 5. The number of nitrogens with one attached hydrogen (secondary N) is 1. The summed E-state index contributed by atoms with van der Waals surface area (Å²) in [6.07, 6.45) is 0.0749. The molecule has 0 aliphatic heterocycles. The Hall–Kier alpha value is -1.04. The van der Waals surface area contributed by atoms with Crippen LogP contribution in [0.5, 0.6) is 0 Å². The van der Waals surface area contributed by atoms with Crippen molar-refractivity contribution in [1.82, 2.24) is 14.9 Å².